The van der Waals surface area contributed by atoms with Crippen molar-refractivity contribution >= 4 is 0 Å². The molecule has 3 rings (SSSR count). The Kier molecular flexibility index (Phi) is 4.32. The quantitative estimate of drug-likeness (QED) is 0.928. The zero-order chi connectivity index (χ0) is 14.7. The van der Waals surface area contributed by atoms with Gasteiger partial charge in [-0.3, -0.25) is 4.90 Å². The standard InChI is InChI=1S/C18H21FN2/c1-20-18-13-21(11-14-5-3-2-4-6-14)12-17(18)15-7-9-16(19)10-8-15/h2-10,17-18,20H,11-13H2,1H3. The molecule has 0 aliphatic carbocycles. The van der Waals surface area contributed by atoms with Gasteiger partial charge in [0.15, 0.2) is 0 Å². The van der Waals surface area contributed by atoms with Gasteiger partial charge in [-0.25, -0.2) is 4.39 Å². The summed E-state index contributed by atoms with van der Waals surface area (Å²) in [5.74, 6) is 0.248. The lowest BCUT2D eigenvalue weighted by atomic mass is 9.94. The zero-order valence-corrected chi connectivity index (χ0v) is 12.3. The van der Waals surface area contributed by atoms with Crippen LogP contribution in [0.15, 0.2) is 54.6 Å². The Bertz CT molecular complexity index is 568. The van der Waals surface area contributed by atoms with Crippen LogP contribution in [-0.2, 0) is 6.54 Å². The van der Waals surface area contributed by atoms with Crippen molar-refractivity contribution in [3.63, 3.8) is 0 Å². The number of benzene rings is 2. The highest BCUT2D eigenvalue weighted by molar-refractivity contribution is 5.25. The maximum Gasteiger partial charge on any atom is 0.123 e. The van der Waals surface area contributed by atoms with Crippen LogP contribution in [0.5, 0.6) is 0 Å². The van der Waals surface area contributed by atoms with Crippen molar-refractivity contribution in [3.8, 4) is 0 Å². The van der Waals surface area contributed by atoms with Crippen molar-refractivity contribution in [2.45, 2.75) is 18.5 Å². The van der Waals surface area contributed by atoms with E-state index < -0.39 is 0 Å². The monoisotopic (exact) mass is 284 g/mol. The van der Waals surface area contributed by atoms with Crippen LogP contribution in [-0.4, -0.2) is 31.1 Å². The molecule has 0 saturated carbocycles. The summed E-state index contributed by atoms with van der Waals surface area (Å²) < 4.78 is 13.1. The Morgan fingerprint density at radius 1 is 1.05 bits per heavy atom. The van der Waals surface area contributed by atoms with Crippen LogP contribution in [0.3, 0.4) is 0 Å². The minimum atomic E-state index is -0.168. The van der Waals surface area contributed by atoms with E-state index in [9.17, 15) is 4.39 Å². The lowest BCUT2D eigenvalue weighted by Gasteiger charge is -2.17. The van der Waals surface area contributed by atoms with Crippen LogP contribution in [0.4, 0.5) is 4.39 Å². The first kappa shape index (κ1) is 14.2. The van der Waals surface area contributed by atoms with Gasteiger partial charge in [0, 0.05) is 31.6 Å². The van der Waals surface area contributed by atoms with Crippen molar-refractivity contribution in [1.29, 1.82) is 0 Å². The highest BCUT2D eigenvalue weighted by Crippen LogP contribution is 2.28. The normalized spacial score (nSPS) is 22.6. The summed E-state index contributed by atoms with van der Waals surface area (Å²) in [4.78, 5) is 2.46. The summed E-state index contributed by atoms with van der Waals surface area (Å²) >= 11 is 0. The van der Waals surface area contributed by atoms with Gasteiger partial charge in [0.1, 0.15) is 5.82 Å². The molecule has 110 valence electrons. The molecular weight excluding hydrogens is 263 g/mol. The summed E-state index contributed by atoms with van der Waals surface area (Å²) in [5, 5.41) is 3.41. The number of halogens is 1. The minimum Gasteiger partial charge on any atom is -0.315 e. The van der Waals surface area contributed by atoms with Crippen molar-refractivity contribution in [2.24, 2.45) is 0 Å². The van der Waals surface area contributed by atoms with Gasteiger partial charge in [-0.15, -0.1) is 0 Å². The summed E-state index contributed by atoms with van der Waals surface area (Å²) in [6.07, 6.45) is 0. The molecule has 2 unspecified atom stereocenters. The molecule has 21 heavy (non-hydrogen) atoms. The maximum absolute atomic E-state index is 13.1. The number of nitrogens with zero attached hydrogens (tertiary/aromatic N) is 1. The Hall–Kier alpha value is -1.71. The van der Waals surface area contributed by atoms with Crippen molar-refractivity contribution in [2.75, 3.05) is 20.1 Å². The second kappa shape index (κ2) is 6.37. The molecule has 2 atom stereocenters. The number of hydrogen-bond acceptors (Lipinski definition) is 2. The van der Waals surface area contributed by atoms with E-state index in [-0.39, 0.29) is 5.82 Å². The second-order valence-corrected chi connectivity index (χ2v) is 5.73. The van der Waals surface area contributed by atoms with E-state index in [1.165, 1.54) is 11.1 Å². The van der Waals surface area contributed by atoms with E-state index >= 15 is 0 Å². The van der Waals surface area contributed by atoms with Crippen molar-refractivity contribution in [3.05, 3.63) is 71.5 Å². The average molecular weight is 284 g/mol. The van der Waals surface area contributed by atoms with Crippen molar-refractivity contribution < 1.29 is 4.39 Å². The summed E-state index contributed by atoms with van der Waals surface area (Å²) in [5.41, 5.74) is 2.55. The van der Waals surface area contributed by atoms with Crippen molar-refractivity contribution in [1.82, 2.24) is 10.2 Å². The number of likely N-dealkylation sites (N-methyl/N-ethyl adjacent to an activating group) is 1. The first-order valence-corrected chi connectivity index (χ1v) is 7.45. The third-order valence-electron chi connectivity index (χ3n) is 4.31. The molecule has 1 heterocycles. The van der Waals surface area contributed by atoms with Gasteiger partial charge >= 0.3 is 0 Å². The summed E-state index contributed by atoms with van der Waals surface area (Å²) in [6, 6.07) is 17.9. The molecule has 3 heteroatoms. The fraction of sp³-hybridized carbons (Fsp3) is 0.333. The largest absolute Gasteiger partial charge is 0.315 e. The van der Waals surface area contributed by atoms with E-state index in [0.717, 1.165) is 19.6 Å². The van der Waals surface area contributed by atoms with Crippen LogP contribution >= 0.6 is 0 Å². The third-order valence-corrected chi connectivity index (χ3v) is 4.31. The molecular formula is C18H21FN2. The van der Waals surface area contributed by atoms with E-state index in [0.29, 0.717) is 12.0 Å². The predicted octanol–water partition coefficient (Wildman–Crippen LogP) is 3.01. The molecule has 1 aliphatic rings. The number of hydrogen-bond donors (Lipinski definition) is 1. The van der Waals surface area contributed by atoms with Crippen LogP contribution in [0.25, 0.3) is 0 Å². The Labute approximate surface area is 125 Å². The van der Waals surface area contributed by atoms with Gasteiger partial charge in [0.25, 0.3) is 0 Å². The van der Waals surface area contributed by atoms with Gasteiger partial charge in [0.2, 0.25) is 0 Å². The van der Waals surface area contributed by atoms with Gasteiger partial charge < -0.3 is 5.32 Å². The zero-order valence-electron chi connectivity index (χ0n) is 12.3. The molecule has 0 bridgehead atoms. The van der Waals surface area contributed by atoms with E-state index in [1.807, 2.05) is 25.2 Å². The van der Waals surface area contributed by atoms with Crippen LogP contribution < -0.4 is 5.32 Å². The minimum absolute atomic E-state index is 0.168. The van der Waals surface area contributed by atoms with E-state index in [4.69, 9.17) is 0 Å². The van der Waals surface area contributed by atoms with Crippen LogP contribution in [0.2, 0.25) is 0 Å². The lowest BCUT2D eigenvalue weighted by Crippen LogP contribution is -2.32. The smallest absolute Gasteiger partial charge is 0.123 e. The molecule has 1 N–H and O–H groups in total. The van der Waals surface area contributed by atoms with E-state index in [1.54, 1.807) is 12.1 Å². The number of nitrogens with one attached hydrogen (secondary N) is 1. The Balaban J connectivity index is 1.72. The number of rotatable bonds is 4. The summed E-state index contributed by atoms with van der Waals surface area (Å²) in [6.45, 7) is 3.00. The molecule has 2 aromatic rings. The SMILES string of the molecule is CNC1CN(Cc2ccccc2)CC1c1ccc(F)cc1. The lowest BCUT2D eigenvalue weighted by molar-refractivity contribution is 0.320. The first-order chi connectivity index (χ1) is 10.3. The molecule has 1 aliphatic heterocycles. The molecule has 1 saturated heterocycles. The van der Waals surface area contributed by atoms with Gasteiger partial charge in [-0.2, -0.15) is 0 Å². The molecule has 2 aromatic carbocycles. The highest BCUT2D eigenvalue weighted by atomic mass is 19.1. The fourth-order valence-electron chi connectivity index (χ4n) is 3.20. The Morgan fingerprint density at radius 2 is 1.76 bits per heavy atom. The second-order valence-electron chi connectivity index (χ2n) is 5.73. The maximum atomic E-state index is 13.1. The Morgan fingerprint density at radius 3 is 2.43 bits per heavy atom. The van der Waals surface area contributed by atoms with Gasteiger partial charge in [-0.1, -0.05) is 42.5 Å². The molecule has 0 radical (unpaired) electrons. The molecule has 0 spiro atoms. The van der Waals surface area contributed by atoms with E-state index in [2.05, 4.69) is 34.5 Å². The molecule has 1 fully saturated rings. The van der Waals surface area contributed by atoms with Crippen LogP contribution in [0, 0.1) is 5.82 Å². The highest BCUT2D eigenvalue weighted by Gasteiger charge is 2.32. The summed E-state index contributed by atoms with van der Waals surface area (Å²) in [7, 11) is 2.01. The average Bonchev–Trinajstić information content (AvgIpc) is 2.92. The van der Waals surface area contributed by atoms with Gasteiger partial charge in [0.05, 0.1) is 0 Å². The predicted molar refractivity (Wildman–Crippen MR) is 83.7 cm³/mol. The molecule has 0 aromatic heterocycles. The first-order valence-electron chi connectivity index (χ1n) is 7.45. The third kappa shape index (κ3) is 3.31. The van der Waals surface area contributed by atoms with Crippen LogP contribution in [0.1, 0.15) is 17.0 Å². The molecule has 0 amide bonds. The van der Waals surface area contributed by atoms with Gasteiger partial charge in [-0.05, 0) is 30.3 Å². The fourth-order valence-corrected chi connectivity index (χ4v) is 3.20. The topological polar surface area (TPSA) is 15.3 Å². The number of likely N-dealkylation sites (tertiary alicyclic amines) is 1. The molecule has 2 nitrogen and oxygen atoms in total.